The molecular formula is C14H20N2O3. The van der Waals surface area contributed by atoms with Crippen molar-refractivity contribution in [3.05, 3.63) is 18.2 Å². The van der Waals surface area contributed by atoms with Gasteiger partial charge in [0, 0.05) is 11.8 Å². The number of benzene rings is 1. The second-order valence-electron chi connectivity index (χ2n) is 4.56. The van der Waals surface area contributed by atoms with Crippen molar-refractivity contribution in [2.45, 2.75) is 25.3 Å². The fourth-order valence-corrected chi connectivity index (χ4v) is 2.22. The Balaban J connectivity index is 2.03. The molecule has 2 N–H and O–H groups in total. The van der Waals surface area contributed by atoms with Crippen LogP contribution in [0.15, 0.2) is 18.2 Å². The van der Waals surface area contributed by atoms with Gasteiger partial charge in [0.25, 0.3) is 0 Å². The van der Waals surface area contributed by atoms with Crippen LogP contribution in [0.4, 0.5) is 5.69 Å². The lowest BCUT2D eigenvalue weighted by Gasteiger charge is -2.22. The van der Waals surface area contributed by atoms with Crippen molar-refractivity contribution < 1.29 is 14.3 Å². The predicted molar refractivity (Wildman–Crippen MR) is 73.8 cm³/mol. The van der Waals surface area contributed by atoms with Gasteiger partial charge in [0.2, 0.25) is 5.91 Å². The molecule has 2 rings (SSSR count). The smallest absolute Gasteiger partial charge is 0.241 e. The molecule has 1 saturated heterocycles. The van der Waals surface area contributed by atoms with Gasteiger partial charge < -0.3 is 20.1 Å². The van der Waals surface area contributed by atoms with E-state index in [1.54, 1.807) is 26.4 Å². The third-order valence-corrected chi connectivity index (χ3v) is 3.28. The molecule has 0 bridgehead atoms. The van der Waals surface area contributed by atoms with Crippen LogP contribution in [0.2, 0.25) is 0 Å². The molecule has 0 saturated carbocycles. The van der Waals surface area contributed by atoms with E-state index < -0.39 is 0 Å². The molecule has 1 amide bonds. The number of anilines is 1. The van der Waals surface area contributed by atoms with E-state index in [-0.39, 0.29) is 11.9 Å². The van der Waals surface area contributed by atoms with E-state index >= 15 is 0 Å². The van der Waals surface area contributed by atoms with E-state index in [0.29, 0.717) is 11.5 Å². The van der Waals surface area contributed by atoms with E-state index in [0.717, 1.165) is 31.5 Å². The minimum atomic E-state index is -0.0955. The summed E-state index contributed by atoms with van der Waals surface area (Å²) < 4.78 is 10.4. The summed E-state index contributed by atoms with van der Waals surface area (Å²) in [7, 11) is 3.16. The normalized spacial score (nSPS) is 18.7. The number of hydrogen-bond acceptors (Lipinski definition) is 4. The lowest BCUT2D eigenvalue weighted by atomic mass is 10.0. The summed E-state index contributed by atoms with van der Waals surface area (Å²) in [6, 6.07) is 5.26. The summed E-state index contributed by atoms with van der Waals surface area (Å²) in [5.41, 5.74) is 0.718. The average Bonchev–Trinajstić information content (AvgIpc) is 2.48. The van der Waals surface area contributed by atoms with Crippen molar-refractivity contribution in [3.63, 3.8) is 0 Å². The highest BCUT2D eigenvalue weighted by Crippen LogP contribution is 2.29. The van der Waals surface area contributed by atoms with Crippen LogP contribution in [0.5, 0.6) is 11.5 Å². The number of rotatable bonds is 4. The number of nitrogens with one attached hydrogen (secondary N) is 2. The number of amides is 1. The number of methoxy groups -OCH3 is 2. The molecule has 1 aromatic carbocycles. The van der Waals surface area contributed by atoms with Gasteiger partial charge in [-0.3, -0.25) is 4.79 Å². The molecule has 5 nitrogen and oxygen atoms in total. The maximum Gasteiger partial charge on any atom is 0.241 e. The third-order valence-electron chi connectivity index (χ3n) is 3.28. The molecule has 1 aliphatic heterocycles. The van der Waals surface area contributed by atoms with Crippen LogP contribution in [0.1, 0.15) is 19.3 Å². The lowest BCUT2D eigenvalue weighted by Crippen LogP contribution is -2.43. The zero-order chi connectivity index (χ0) is 13.7. The highest BCUT2D eigenvalue weighted by Gasteiger charge is 2.20. The average molecular weight is 264 g/mol. The highest BCUT2D eigenvalue weighted by atomic mass is 16.5. The first-order chi connectivity index (χ1) is 9.24. The molecular weight excluding hydrogens is 244 g/mol. The quantitative estimate of drug-likeness (QED) is 0.870. The van der Waals surface area contributed by atoms with Crippen LogP contribution >= 0.6 is 0 Å². The number of piperidine rings is 1. The first-order valence-electron chi connectivity index (χ1n) is 6.51. The summed E-state index contributed by atoms with van der Waals surface area (Å²) in [5, 5.41) is 6.12. The van der Waals surface area contributed by atoms with Crippen LogP contribution < -0.4 is 20.1 Å². The van der Waals surface area contributed by atoms with Gasteiger partial charge in [-0.25, -0.2) is 0 Å². The SMILES string of the molecule is COc1ccc(NC(=O)[C@H]2CCCCN2)cc1OC. The van der Waals surface area contributed by atoms with Crippen LogP contribution in [-0.4, -0.2) is 32.7 Å². The maximum absolute atomic E-state index is 12.1. The van der Waals surface area contributed by atoms with Gasteiger partial charge in [0.15, 0.2) is 11.5 Å². The van der Waals surface area contributed by atoms with Gasteiger partial charge in [-0.1, -0.05) is 6.42 Å². The van der Waals surface area contributed by atoms with E-state index in [2.05, 4.69) is 10.6 Å². The molecule has 1 atom stereocenters. The number of hydrogen-bond donors (Lipinski definition) is 2. The van der Waals surface area contributed by atoms with Gasteiger partial charge in [0.1, 0.15) is 0 Å². The van der Waals surface area contributed by atoms with E-state index in [1.165, 1.54) is 0 Å². The Morgan fingerprint density at radius 3 is 2.68 bits per heavy atom. The minimum absolute atomic E-state index is 0.00641. The Bertz CT molecular complexity index is 442. The summed E-state index contributed by atoms with van der Waals surface area (Å²) in [6.07, 6.45) is 3.12. The summed E-state index contributed by atoms with van der Waals surface area (Å²) >= 11 is 0. The Hall–Kier alpha value is -1.75. The van der Waals surface area contributed by atoms with E-state index in [9.17, 15) is 4.79 Å². The monoisotopic (exact) mass is 264 g/mol. The molecule has 0 spiro atoms. The van der Waals surface area contributed by atoms with Crippen molar-refractivity contribution in [1.29, 1.82) is 0 Å². The van der Waals surface area contributed by atoms with Crippen LogP contribution in [-0.2, 0) is 4.79 Å². The maximum atomic E-state index is 12.1. The second kappa shape index (κ2) is 6.43. The fraction of sp³-hybridized carbons (Fsp3) is 0.500. The molecule has 1 heterocycles. The number of carbonyl (C=O) groups is 1. The first-order valence-corrected chi connectivity index (χ1v) is 6.51. The Morgan fingerprint density at radius 2 is 2.05 bits per heavy atom. The topological polar surface area (TPSA) is 59.6 Å². The molecule has 104 valence electrons. The van der Waals surface area contributed by atoms with Crippen molar-refractivity contribution in [2.24, 2.45) is 0 Å². The number of ether oxygens (including phenoxy) is 2. The number of carbonyl (C=O) groups excluding carboxylic acids is 1. The largest absolute Gasteiger partial charge is 0.493 e. The minimum Gasteiger partial charge on any atom is -0.493 e. The van der Waals surface area contributed by atoms with Crippen LogP contribution in [0.3, 0.4) is 0 Å². The Morgan fingerprint density at radius 1 is 1.26 bits per heavy atom. The van der Waals surface area contributed by atoms with Gasteiger partial charge in [-0.05, 0) is 31.5 Å². The van der Waals surface area contributed by atoms with Crippen molar-refractivity contribution >= 4 is 11.6 Å². The standard InChI is InChI=1S/C14H20N2O3/c1-18-12-7-6-10(9-13(12)19-2)16-14(17)11-5-3-4-8-15-11/h6-7,9,11,15H,3-5,8H2,1-2H3,(H,16,17)/t11-/m1/s1. The fourth-order valence-electron chi connectivity index (χ4n) is 2.22. The van der Waals surface area contributed by atoms with Gasteiger partial charge in [-0.2, -0.15) is 0 Å². The molecule has 0 radical (unpaired) electrons. The lowest BCUT2D eigenvalue weighted by molar-refractivity contribution is -0.118. The zero-order valence-electron chi connectivity index (χ0n) is 11.4. The van der Waals surface area contributed by atoms with Gasteiger partial charge in [0.05, 0.1) is 20.3 Å². The molecule has 0 aliphatic carbocycles. The predicted octanol–water partition coefficient (Wildman–Crippen LogP) is 1.78. The zero-order valence-corrected chi connectivity index (χ0v) is 11.4. The van der Waals surface area contributed by atoms with Crippen LogP contribution in [0.25, 0.3) is 0 Å². The summed E-state index contributed by atoms with van der Waals surface area (Å²) in [6.45, 7) is 0.907. The third kappa shape index (κ3) is 3.38. The molecule has 1 fully saturated rings. The summed E-state index contributed by atoms with van der Waals surface area (Å²) in [5.74, 6) is 1.26. The van der Waals surface area contributed by atoms with Crippen molar-refractivity contribution in [3.8, 4) is 11.5 Å². The van der Waals surface area contributed by atoms with Crippen molar-refractivity contribution in [1.82, 2.24) is 5.32 Å². The van der Waals surface area contributed by atoms with E-state index in [1.807, 2.05) is 6.07 Å². The Labute approximate surface area is 113 Å². The first kappa shape index (κ1) is 13.7. The van der Waals surface area contributed by atoms with Gasteiger partial charge >= 0.3 is 0 Å². The molecule has 0 unspecified atom stereocenters. The molecule has 1 aliphatic rings. The molecule has 0 aromatic heterocycles. The summed E-state index contributed by atoms with van der Waals surface area (Å²) in [4.78, 5) is 12.1. The highest BCUT2D eigenvalue weighted by molar-refractivity contribution is 5.95. The second-order valence-corrected chi connectivity index (χ2v) is 4.56. The molecule has 5 heteroatoms. The van der Waals surface area contributed by atoms with Crippen LogP contribution in [0, 0.1) is 0 Å². The van der Waals surface area contributed by atoms with Crippen molar-refractivity contribution in [2.75, 3.05) is 26.1 Å². The molecule has 19 heavy (non-hydrogen) atoms. The van der Waals surface area contributed by atoms with E-state index in [4.69, 9.17) is 9.47 Å². The Kier molecular flexibility index (Phi) is 4.63. The molecule has 1 aromatic rings. The van der Waals surface area contributed by atoms with Gasteiger partial charge in [-0.15, -0.1) is 0 Å².